The molecule has 0 heterocycles. The second-order valence-electron chi connectivity index (χ2n) is 0. The first kappa shape index (κ1) is 38.0. The minimum absolute atomic E-state index is 0. The molecule has 0 bridgehead atoms. The summed E-state index contributed by atoms with van der Waals surface area (Å²) in [5.41, 5.74) is 0. The fourth-order valence-electron chi connectivity index (χ4n) is 0. The van der Waals surface area contributed by atoms with Crippen LogP contribution in [0.3, 0.4) is 0 Å². The molecule has 0 aliphatic carbocycles. The van der Waals surface area contributed by atoms with E-state index in [1.807, 2.05) is 0 Å². The summed E-state index contributed by atoms with van der Waals surface area (Å²) in [6.45, 7) is 0. The van der Waals surface area contributed by atoms with Crippen LogP contribution in [-0.4, -0.2) is 0 Å². The quantitative estimate of drug-likeness (QED) is 0.488. The van der Waals surface area contributed by atoms with Crippen LogP contribution in [0.4, 0.5) is 0 Å². The van der Waals surface area contributed by atoms with Crippen LogP contribution in [0.2, 0.25) is 0 Å². The van der Waals surface area contributed by atoms with E-state index in [2.05, 4.69) is 0 Å². The molecule has 1 nitrogen and oxygen atoms in total. The summed E-state index contributed by atoms with van der Waals surface area (Å²) < 4.78 is 8.17. The molecular formula is H5Cl3OP+. The lowest BCUT2D eigenvalue weighted by molar-refractivity contribution is 0.607. The molecule has 0 saturated heterocycles. The van der Waals surface area contributed by atoms with E-state index in [9.17, 15) is 0 Å². The molecule has 0 radical (unpaired) electrons. The van der Waals surface area contributed by atoms with Crippen LogP contribution in [0, 0.1) is 0 Å². The molecule has 0 aliphatic heterocycles. The summed E-state index contributed by atoms with van der Waals surface area (Å²) >= 11 is 0. The second-order valence-corrected chi connectivity index (χ2v) is 0. The molecule has 0 fully saturated rings. The summed E-state index contributed by atoms with van der Waals surface area (Å²) in [5.74, 6) is 0. The highest BCUT2D eigenvalue weighted by Crippen LogP contribution is 1.23. The Morgan fingerprint density at radius 1 is 0.800 bits per heavy atom. The van der Waals surface area contributed by atoms with Crippen molar-refractivity contribution in [2.24, 2.45) is 0 Å². The fourth-order valence-corrected chi connectivity index (χ4v) is 0. The minimum Gasteiger partial charge on any atom is -0.147 e. The molecule has 0 N–H and O–H groups in total. The summed E-state index contributed by atoms with van der Waals surface area (Å²) in [5, 5.41) is 0. The predicted molar refractivity (Wildman–Crippen MR) is 32.1 cm³/mol. The van der Waals surface area contributed by atoms with Crippen LogP contribution in [-0.2, 0) is 4.57 Å². The number of halogens is 3. The van der Waals surface area contributed by atoms with Gasteiger partial charge in [0.15, 0.2) is 0 Å². The Kier molecular flexibility index (Phi) is 633. The van der Waals surface area contributed by atoms with Crippen LogP contribution < -0.4 is 0 Å². The first-order valence-electron chi connectivity index (χ1n) is 0.236. The third-order valence-corrected chi connectivity index (χ3v) is 0. The van der Waals surface area contributed by atoms with Gasteiger partial charge in [-0.1, -0.05) is 4.57 Å². The molecular weight excluding hydrogens is 153 g/mol. The average Bonchev–Trinajstić information content (AvgIpc) is 1.00. The van der Waals surface area contributed by atoms with E-state index in [1.165, 1.54) is 9.12 Å². The largest absolute Gasteiger partial charge is 0.310 e. The van der Waals surface area contributed by atoms with Crippen LogP contribution >= 0.6 is 46.3 Å². The normalized spacial score (nSPS) is 0.800. The first-order chi connectivity index (χ1) is 1.00. The van der Waals surface area contributed by atoms with E-state index in [4.69, 9.17) is 4.57 Å². The van der Waals surface area contributed by atoms with E-state index >= 15 is 0 Å². The zero-order valence-electron chi connectivity index (χ0n) is 2.21. The van der Waals surface area contributed by atoms with Crippen molar-refractivity contribution in [2.75, 3.05) is 0 Å². The van der Waals surface area contributed by atoms with Crippen LogP contribution in [0.1, 0.15) is 0 Å². The Morgan fingerprint density at radius 3 is 0.800 bits per heavy atom. The third-order valence-electron chi connectivity index (χ3n) is 0. The van der Waals surface area contributed by atoms with Gasteiger partial charge < -0.3 is 0 Å². The molecule has 5 heavy (non-hydrogen) atoms. The van der Waals surface area contributed by atoms with Crippen molar-refractivity contribution < 1.29 is 4.57 Å². The Morgan fingerprint density at radius 2 is 0.800 bits per heavy atom. The van der Waals surface area contributed by atoms with Crippen molar-refractivity contribution in [3.63, 3.8) is 0 Å². The van der Waals surface area contributed by atoms with Gasteiger partial charge in [-0.2, -0.15) is 0 Å². The lowest BCUT2D eigenvalue weighted by Gasteiger charge is -0.618. The molecule has 0 aromatic carbocycles. The number of rotatable bonds is 0. The Hall–Kier alpha value is 0.970. The van der Waals surface area contributed by atoms with Gasteiger partial charge in [-0.25, -0.2) is 0 Å². The molecule has 0 aliphatic rings. The molecule has 36 valence electrons. The number of hydrogen-bond donors (Lipinski definition) is 0. The SMILES string of the molecule is Cl.Cl.Cl.O=[PH2+]. The first-order valence-corrected chi connectivity index (χ1v) is 0.707. The molecule has 0 aromatic rings. The van der Waals surface area contributed by atoms with Crippen molar-refractivity contribution in [3.8, 4) is 0 Å². The summed E-state index contributed by atoms with van der Waals surface area (Å²) in [6.07, 6.45) is 0. The van der Waals surface area contributed by atoms with E-state index in [-0.39, 0.29) is 37.2 Å². The van der Waals surface area contributed by atoms with Crippen molar-refractivity contribution in [1.82, 2.24) is 0 Å². The molecule has 0 saturated carbocycles. The topological polar surface area (TPSA) is 17.1 Å². The summed E-state index contributed by atoms with van der Waals surface area (Å²) in [4.78, 5) is 0. The molecule has 0 amide bonds. The highest BCUT2D eigenvalue weighted by Gasteiger charge is 0.849. The van der Waals surface area contributed by atoms with Crippen molar-refractivity contribution >= 4 is 46.3 Å². The van der Waals surface area contributed by atoms with Gasteiger partial charge in [-0.15, -0.1) is 37.2 Å². The Labute approximate surface area is 51.4 Å². The zero-order chi connectivity index (χ0) is 2.00. The van der Waals surface area contributed by atoms with Gasteiger partial charge in [0, 0.05) is 0 Å². The van der Waals surface area contributed by atoms with Crippen LogP contribution in [0.25, 0.3) is 0 Å². The van der Waals surface area contributed by atoms with Crippen molar-refractivity contribution in [1.29, 1.82) is 0 Å². The van der Waals surface area contributed by atoms with Crippen molar-refractivity contribution in [3.05, 3.63) is 0 Å². The van der Waals surface area contributed by atoms with Gasteiger partial charge in [-0.3, -0.25) is 0 Å². The van der Waals surface area contributed by atoms with Gasteiger partial charge in [0.05, 0.1) is 0 Å². The zero-order valence-corrected chi connectivity index (χ0v) is 5.81. The molecule has 5 heteroatoms. The number of hydrogen-bond acceptors (Lipinski definition) is 1. The van der Waals surface area contributed by atoms with E-state index in [0.717, 1.165) is 0 Å². The highest BCUT2D eigenvalue weighted by molar-refractivity contribution is 7.00. The third kappa shape index (κ3) is 46.6. The molecule has 0 rings (SSSR count). The van der Waals surface area contributed by atoms with E-state index in [0.29, 0.717) is 0 Å². The molecule has 1 unspecified atom stereocenters. The Bertz CT molecular complexity index is 6.85. The van der Waals surface area contributed by atoms with Gasteiger partial charge in [0.2, 0.25) is 0 Å². The monoisotopic (exact) mass is 157 g/mol. The molecule has 0 aromatic heterocycles. The average molecular weight is 158 g/mol. The standard InChI is InChI=1S/3ClH.H2OP/c;;;1-2/h3*1H;2H2/q;;;+1. The Balaban J connectivity index is -0.00000000167. The second kappa shape index (κ2) is 83.3. The van der Waals surface area contributed by atoms with E-state index < -0.39 is 0 Å². The predicted octanol–water partition coefficient (Wildman–Crippen LogP) is 1.47. The maximum atomic E-state index is 8.17. The lowest BCUT2D eigenvalue weighted by Crippen LogP contribution is -0.489. The molecule has 1 atom stereocenters. The smallest absolute Gasteiger partial charge is 0.147 e. The fraction of sp³-hybridized carbons (Fsp3) is 0. The summed E-state index contributed by atoms with van der Waals surface area (Å²) in [6, 6.07) is 0. The van der Waals surface area contributed by atoms with Crippen LogP contribution in [0.5, 0.6) is 0 Å². The molecule has 0 spiro atoms. The highest BCUT2D eigenvalue weighted by atomic mass is 35.5. The van der Waals surface area contributed by atoms with Crippen LogP contribution in [0.15, 0.2) is 0 Å². The van der Waals surface area contributed by atoms with Gasteiger partial charge in [0.25, 0.3) is 0 Å². The maximum absolute atomic E-state index is 8.17. The lowest BCUT2D eigenvalue weighted by atomic mass is 16.0. The minimum atomic E-state index is 0. The van der Waals surface area contributed by atoms with Gasteiger partial charge >= 0.3 is 9.12 Å². The maximum Gasteiger partial charge on any atom is 0.310 e. The summed E-state index contributed by atoms with van der Waals surface area (Å²) in [7, 11) is 1.17. The van der Waals surface area contributed by atoms with E-state index in [1.54, 1.807) is 0 Å². The van der Waals surface area contributed by atoms with Crippen molar-refractivity contribution in [2.45, 2.75) is 0 Å². The van der Waals surface area contributed by atoms with Gasteiger partial charge in [-0.05, 0) is 0 Å². The van der Waals surface area contributed by atoms with Gasteiger partial charge in [0.1, 0.15) is 0 Å².